The molecule has 0 radical (unpaired) electrons. The lowest BCUT2D eigenvalue weighted by Crippen LogP contribution is -2.50. The van der Waals surface area contributed by atoms with Crippen molar-refractivity contribution in [2.45, 2.75) is 44.9 Å². The van der Waals surface area contributed by atoms with Gasteiger partial charge in [0.05, 0.1) is 17.9 Å². The lowest BCUT2D eigenvalue weighted by atomic mass is 9.49. The second-order valence-electron chi connectivity index (χ2n) is 8.35. The zero-order valence-corrected chi connectivity index (χ0v) is 14.9. The van der Waals surface area contributed by atoms with Crippen molar-refractivity contribution in [2.24, 2.45) is 23.2 Å². The van der Waals surface area contributed by atoms with E-state index in [0.29, 0.717) is 29.9 Å². The third-order valence-corrected chi connectivity index (χ3v) is 6.33. The fraction of sp³-hybridized carbons (Fsp3) is 0.571. The third kappa shape index (κ3) is 3.33. The number of carbonyl (C=O) groups is 2. The first-order chi connectivity index (χ1) is 12.6. The molecule has 0 aliphatic heterocycles. The predicted octanol–water partition coefficient (Wildman–Crippen LogP) is 3.45. The van der Waals surface area contributed by atoms with E-state index in [2.05, 4.69) is 11.4 Å². The van der Waals surface area contributed by atoms with Crippen molar-refractivity contribution >= 4 is 17.6 Å². The van der Waals surface area contributed by atoms with Crippen molar-refractivity contribution in [3.8, 4) is 6.07 Å². The first kappa shape index (κ1) is 17.1. The molecular formula is C21H24N2O3. The Hall–Kier alpha value is -2.35. The summed E-state index contributed by atoms with van der Waals surface area (Å²) >= 11 is 0. The van der Waals surface area contributed by atoms with Crippen LogP contribution >= 0.6 is 0 Å². The van der Waals surface area contributed by atoms with Crippen LogP contribution in [-0.4, -0.2) is 18.5 Å². The van der Waals surface area contributed by atoms with Crippen LogP contribution in [0.15, 0.2) is 24.3 Å². The summed E-state index contributed by atoms with van der Waals surface area (Å²) in [6, 6.07) is 9.21. The molecule has 1 aromatic carbocycles. The summed E-state index contributed by atoms with van der Waals surface area (Å²) in [7, 11) is 0. The minimum absolute atomic E-state index is 0.170. The average Bonchev–Trinajstić information content (AvgIpc) is 2.60. The Morgan fingerprint density at radius 2 is 1.65 bits per heavy atom. The molecule has 0 atom stereocenters. The molecule has 0 saturated heterocycles. The van der Waals surface area contributed by atoms with Crippen LogP contribution in [0.5, 0.6) is 0 Å². The van der Waals surface area contributed by atoms with Crippen LogP contribution < -0.4 is 5.32 Å². The van der Waals surface area contributed by atoms with Crippen LogP contribution in [0.2, 0.25) is 0 Å². The third-order valence-electron chi connectivity index (χ3n) is 6.33. The molecule has 4 fully saturated rings. The zero-order valence-electron chi connectivity index (χ0n) is 14.9. The van der Waals surface area contributed by atoms with Gasteiger partial charge in [0.1, 0.15) is 0 Å². The van der Waals surface area contributed by atoms with Gasteiger partial charge in [0.25, 0.3) is 5.91 Å². The van der Waals surface area contributed by atoms with Gasteiger partial charge in [0.2, 0.25) is 0 Å². The highest BCUT2D eigenvalue weighted by Crippen LogP contribution is 2.60. The van der Waals surface area contributed by atoms with E-state index in [1.165, 1.54) is 19.3 Å². The summed E-state index contributed by atoms with van der Waals surface area (Å²) in [5, 5.41) is 11.4. The first-order valence-corrected chi connectivity index (χ1v) is 9.49. The molecule has 4 bridgehead atoms. The predicted molar refractivity (Wildman–Crippen MR) is 96.0 cm³/mol. The summed E-state index contributed by atoms with van der Waals surface area (Å²) in [5.74, 6) is 1.53. The molecule has 26 heavy (non-hydrogen) atoms. The minimum Gasteiger partial charge on any atom is -0.455 e. The number of rotatable bonds is 5. The molecular weight excluding hydrogens is 328 g/mol. The van der Waals surface area contributed by atoms with Gasteiger partial charge in [-0.15, -0.1) is 0 Å². The van der Waals surface area contributed by atoms with Gasteiger partial charge in [-0.2, -0.15) is 5.26 Å². The summed E-state index contributed by atoms with van der Waals surface area (Å²) in [6.07, 6.45) is 6.99. The summed E-state index contributed by atoms with van der Waals surface area (Å²) < 4.78 is 5.43. The first-order valence-electron chi connectivity index (χ1n) is 9.49. The second-order valence-corrected chi connectivity index (χ2v) is 8.35. The van der Waals surface area contributed by atoms with Crippen molar-refractivity contribution in [2.75, 3.05) is 11.9 Å². The van der Waals surface area contributed by atoms with E-state index in [-0.39, 0.29) is 23.9 Å². The van der Waals surface area contributed by atoms with E-state index in [4.69, 9.17) is 10.00 Å². The maximum absolute atomic E-state index is 12.7. The zero-order chi connectivity index (χ0) is 18.1. The smallest absolute Gasteiger partial charge is 0.312 e. The lowest BCUT2D eigenvalue weighted by molar-refractivity contribution is -0.172. The van der Waals surface area contributed by atoms with E-state index in [0.717, 1.165) is 24.8 Å². The fourth-order valence-corrected chi connectivity index (χ4v) is 5.64. The highest BCUT2D eigenvalue weighted by molar-refractivity contribution is 5.93. The van der Waals surface area contributed by atoms with Crippen LogP contribution in [0.3, 0.4) is 0 Å². The molecule has 136 valence electrons. The number of nitriles is 1. The average molecular weight is 352 g/mol. The maximum Gasteiger partial charge on any atom is 0.312 e. The Kier molecular flexibility index (Phi) is 4.44. The van der Waals surface area contributed by atoms with E-state index in [1.807, 2.05) is 0 Å². The van der Waals surface area contributed by atoms with E-state index in [9.17, 15) is 9.59 Å². The molecule has 4 aliphatic carbocycles. The SMILES string of the molecule is N#CCc1ccc(NC(=O)COC(=O)C23CC4CC(CC(C4)C2)C3)cc1. The molecule has 4 aliphatic rings. The fourth-order valence-electron chi connectivity index (χ4n) is 5.64. The molecule has 0 unspecified atom stereocenters. The Morgan fingerprint density at radius 1 is 1.08 bits per heavy atom. The van der Waals surface area contributed by atoms with Gasteiger partial charge in [0, 0.05) is 5.69 Å². The second kappa shape index (κ2) is 6.75. The van der Waals surface area contributed by atoms with Gasteiger partial charge >= 0.3 is 5.97 Å². The normalized spacial score (nSPS) is 31.3. The molecule has 4 saturated carbocycles. The quantitative estimate of drug-likeness (QED) is 0.823. The number of ether oxygens (including phenoxy) is 1. The molecule has 1 N–H and O–H groups in total. The van der Waals surface area contributed by atoms with E-state index >= 15 is 0 Å². The Labute approximate surface area is 153 Å². The van der Waals surface area contributed by atoms with E-state index < -0.39 is 0 Å². The number of anilines is 1. The molecule has 0 spiro atoms. The number of nitrogens with one attached hydrogen (secondary N) is 1. The largest absolute Gasteiger partial charge is 0.455 e. The molecule has 1 amide bonds. The van der Waals surface area contributed by atoms with Gasteiger partial charge in [-0.3, -0.25) is 9.59 Å². The Balaban J connectivity index is 1.30. The van der Waals surface area contributed by atoms with Gasteiger partial charge in [-0.05, 0) is 74.0 Å². The molecule has 1 aromatic rings. The van der Waals surface area contributed by atoms with Crippen LogP contribution in [0.25, 0.3) is 0 Å². The molecule has 0 aromatic heterocycles. The van der Waals surface area contributed by atoms with Crippen LogP contribution in [0, 0.1) is 34.5 Å². The number of amides is 1. The topological polar surface area (TPSA) is 79.2 Å². The summed E-state index contributed by atoms with van der Waals surface area (Å²) in [4.78, 5) is 24.9. The van der Waals surface area contributed by atoms with Crippen molar-refractivity contribution < 1.29 is 14.3 Å². The van der Waals surface area contributed by atoms with Crippen LogP contribution in [-0.2, 0) is 20.7 Å². The highest BCUT2D eigenvalue weighted by atomic mass is 16.5. The number of esters is 1. The Morgan fingerprint density at radius 3 is 2.19 bits per heavy atom. The molecule has 0 heterocycles. The standard InChI is InChI=1S/C21H24N2O3/c22-6-5-14-1-3-18(4-2-14)23-19(24)13-26-20(25)21-10-15-7-16(11-21)9-17(8-15)12-21/h1-4,15-17H,5,7-13H2,(H,23,24). The number of carbonyl (C=O) groups excluding carboxylic acids is 2. The molecule has 5 nitrogen and oxygen atoms in total. The van der Waals surface area contributed by atoms with Crippen molar-refractivity contribution in [3.05, 3.63) is 29.8 Å². The van der Waals surface area contributed by atoms with Crippen LogP contribution in [0.1, 0.15) is 44.1 Å². The summed E-state index contributed by atoms with van der Waals surface area (Å²) in [5.41, 5.74) is 1.22. The highest BCUT2D eigenvalue weighted by Gasteiger charge is 2.55. The minimum atomic E-state index is -0.325. The monoisotopic (exact) mass is 352 g/mol. The van der Waals surface area contributed by atoms with Gasteiger partial charge in [-0.1, -0.05) is 12.1 Å². The number of nitrogens with zero attached hydrogens (tertiary/aromatic N) is 1. The number of hydrogen-bond donors (Lipinski definition) is 1. The van der Waals surface area contributed by atoms with Crippen molar-refractivity contribution in [1.29, 1.82) is 5.26 Å². The molecule has 5 heteroatoms. The lowest BCUT2D eigenvalue weighted by Gasteiger charge is -2.55. The maximum atomic E-state index is 12.7. The number of hydrogen-bond acceptors (Lipinski definition) is 4. The van der Waals surface area contributed by atoms with E-state index in [1.54, 1.807) is 24.3 Å². The Bertz CT molecular complexity index is 712. The number of benzene rings is 1. The van der Waals surface area contributed by atoms with Gasteiger partial charge < -0.3 is 10.1 Å². The van der Waals surface area contributed by atoms with Gasteiger partial charge in [0.15, 0.2) is 6.61 Å². The summed E-state index contributed by atoms with van der Waals surface area (Å²) in [6.45, 7) is -0.236. The van der Waals surface area contributed by atoms with Crippen LogP contribution in [0.4, 0.5) is 5.69 Å². The van der Waals surface area contributed by atoms with Crippen molar-refractivity contribution in [1.82, 2.24) is 0 Å². The molecule has 5 rings (SSSR count). The van der Waals surface area contributed by atoms with Gasteiger partial charge in [-0.25, -0.2) is 0 Å². The van der Waals surface area contributed by atoms with Crippen molar-refractivity contribution in [3.63, 3.8) is 0 Å².